The molecule has 1 N–H and O–H groups in total. The summed E-state index contributed by atoms with van der Waals surface area (Å²) in [4.78, 5) is 14.4. The molecule has 0 radical (unpaired) electrons. The second-order valence-corrected chi connectivity index (χ2v) is 7.22. The van der Waals surface area contributed by atoms with Crippen molar-refractivity contribution in [1.82, 2.24) is 15.5 Å². The van der Waals surface area contributed by atoms with Crippen molar-refractivity contribution in [2.75, 3.05) is 7.11 Å². The number of benzene rings is 1. The molecule has 0 aliphatic heterocycles. The van der Waals surface area contributed by atoms with E-state index in [1.165, 1.54) is 4.88 Å². The molecule has 1 amide bonds. The van der Waals surface area contributed by atoms with Gasteiger partial charge in [-0.3, -0.25) is 4.79 Å². The Morgan fingerprint density at radius 1 is 1.23 bits per heavy atom. The first-order chi connectivity index (χ1) is 12.7. The third-order valence-corrected chi connectivity index (χ3v) is 4.87. The van der Waals surface area contributed by atoms with Crippen molar-refractivity contribution in [3.05, 3.63) is 69.6 Å². The highest BCUT2D eigenvalue weighted by Gasteiger charge is 2.20. The fraction of sp³-hybridized carbons (Fsp3) is 0.316. The lowest BCUT2D eigenvalue weighted by atomic mass is 10.1. The van der Waals surface area contributed by atoms with Crippen molar-refractivity contribution < 1.29 is 13.9 Å². The van der Waals surface area contributed by atoms with Gasteiger partial charge < -0.3 is 14.5 Å². The van der Waals surface area contributed by atoms with Crippen LogP contribution in [-0.4, -0.2) is 23.2 Å². The zero-order valence-corrected chi connectivity index (χ0v) is 15.6. The second-order valence-electron chi connectivity index (χ2n) is 5.85. The van der Waals surface area contributed by atoms with E-state index in [9.17, 15) is 4.79 Å². The molecule has 0 aliphatic carbocycles. The first kappa shape index (κ1) is 18.3. The molecule has 0 saturated heterocycles. The number of methoxy groups -OCH3 is 1. The lowest BCUT2D eigenvalue weighted by molar-refractivity contribution is -0.121. The maximum absolute atomic E-state index is 12.0. The lowest BCUT2D eigenvalue weighted by Crippen LogP contribution is -2.22. The zero-order valence-electron chi connectivity index (χ0n) is 14.8. The van der Waals surface area contributed by atoms with Gasteiger partial charge >= 0.3 is 0 Å². The third kappa shape index (κ3) is 4.77. The maximum atomic E-state index is 12.0. The average molecular weight is 371 g/mol. The molecule has 0 aliphatic rings. The van der Waals surface area contributed by atoms with E-state index in [0.29, 0.717) is 31.2 Å². The van der Waals surface area contributed by atoms with Crippen molar-refractivity contribution in [3.63, 3.8) is 0 Å². The highest BCUT2D eigenvalue weighted by atomic mass is 32.1. The van der Waals surface area contributed by atoms with Gasteiger partial charge in [0.2, 0.25) is 17.7 Å². The van der Waals surface area contributed by atoms with Crippen LogP contribution in [0.25, 0.3) is 0 Å². The molecule has 0 fully saturated rings. The molecule has 2 heterocycles. The SMILES string of the molecule is CO[C@H](c1ccccc1)c1nnc(CCC(=O)NCc2ccc(C)s2)o1. The molecular formula is C19H21N3O3S. The topological polar surface area (TPSA) is 77.2 Å². The minimum Gasteiger partial charge on any atom is -0.422 e. The number of aryl methyl sites for hydroxylation is 2. The quantitative estimate of drug-likeness (QED) is 0.656. The summed E-state index contributed by atoms with van der Waals surface area (Å²) in [6.45, 7) is 2.60. The number of amides is 1. The minimum absolute atomic E-state index is 0.0397. The average Bonchev–Trinajstić information content (AvgIpc) is 3.29. The predicted molar refractivity (Wildman–Crippen MR) is 98.8 cm³/mol. The third-order valence-electron chi connectivity index (χ3n) is 3.87. The van der Waals surface area contributed by atoms with E-state index in [1.807, 2.05) is 49.4 Å². The van der Waals surface area contributed by atoms with E-state index >= 15 is 0 Å². The van der Waals surface area contributed by atoms with E-state index in [1.54, 1.807) is 18.4 Å². The molecule has 3 aromatic rings. The van der Waals surface area contributed by atoms with Crippen LogP contribution in [0.15, 0.2) is 46.9 Å². The number of aromatic nitrogens is 2. The summed E-state index contributed by atoms with van der Waals surface area (Å²) in [6.07, 6.45) is 0.288. The summed E-state index contributed by atoms with van der Waals surface area (Å²) < 4.78 is 11.2. The van der Waals surface area contributed by atoms with Crippen LogP contribution < -0.4 is 5.32 Å². The Bertz CT molecular complexity index is 845. The molecule has 2 aromatic heterocycles. The van der Waals surface area contributed by atoms with Crippen molar-refractivity contribution in [2.45, 2.75) is 32.4 Å². The van der Waals surface area contributed by atoms with Crippen LogP contribution in [0.2, 0.25) is 0 Å². The Labute approximate surface area is 156 Å². The monoisotopic (exact) mass is 371 g/mol. The van der Waals surface area contributed by atoms with Gasteiger partial charge in [0.25, 0.3) is 0 Å². The van der Waals surface area contributed by atoms with Crippen LogP contribution in [0.1, 0.15) is 39.6 Å². The van der Waals surface area contributed by atoms with Crippen molar-refractivity contribution in [1.29, 1.82) is 0 Å². The highest BCUT2D eigenvalue weighted by Crippen LogP contribution is 2.24. The number of thiophene rings is 1. The van der Waals surface area contributed by atoms with Crippen molar-refractivity contribution in [3.8, 4) is 0 Å². The molecule has 3 rings (SSSR count). The molecule has 136 valence electrons. The molecule has 7 heteroatoms. The molecule has 6 nitrogen and oxygen atoms in total. The molecular weight excluding hydrogens is 350 g/mol. The Balaban J connectivity index is 1.52. The highest BCUT2D eigenvalue weighted by molar-refractivity contribution is 7.11. The van der Waals surface area contributed by atoms with Gasteiger partial charge in [0.15, 0.2) is 6.10 Å². The number of carbonyl (C=O) groups excluding carboxylic acids is 1. The lowest BCUT2D eigenvalue weighted by Gasteiger charge is -2.10. The van der Waals surface area contributed by atoms with Gasteiger partial charge in [-0.05, 0) is 24.6 Å². The van der Waals surface area contributed by atoms with Crippen LogP contribution in [0, 0.1) is 6.92 Å². The molecule has 1 atom stereocenters. The smallest absolute Gasteiger partial charge is 0.249 e. The molecule has 0 saturated carbocycles. The standard InChI is InChI=1S/C19H21N3O3S/c1-13-8-9-15(26-13)12-20-16(23)10-11-17-21-22-19(25-17)18(24-2)14-6-4-3-5-7-14/h3-9,18H,10-12H2,1-2H3,(H,20,23)/t18-/m1/s1. The summed E-state index contributed by atoms with van der Waals surface area (Å²) in [5, 5.41) is 11.0. The number of carbonyl (C=O) groups is 1. The Morgan fingerprint density at radius 3 is 2.73 bits per heavy atom. The van der Waals surface area contributed by atoms with Crippen LogP contribution in [0.3, 0.4) is 0 Å². The summed E-state index contributed by atoms with van der Waals surface area (Å²) >= 11 is 1.68. The van der Waals surface area contributed by atoms with Crippen molar-refractivity contribution in [2.24, 2.45) is 0 Å². The number of hydrogen-bond acceptors (Lipinski definition) is 6. The van der Waals surface area contributed by atoms with Crippen LogP contribution in [-0.2, 0) is 22.5 Å². The van der Waals surface area contributed by atoms with Gasteiger partial charge in [0, 0.05) is 29.7 Å². The van der Waals surface area contributed by atoms with Gasteiger partial charge in [-0.1, -0.05) is 30.3 Å². The largest absolute Gasteiger partial charge is 0.422 e. The first-order valence-corrected chi connectivity index (χ1v) is 9.19. The van der Waals surface area contributed by atoms with Crippen LogP contribution in [0.5, 0.6) is 0 Å². The minimum atomic E-state index is -0.409. The zero-order chi connectivity index (χ0) is 18.4. The van der Waals surface area contributed by atoms with Gasteiger partial charge in [-0.2, -0.15) is 0 Å². The van der Waals surface area contributed by atoms with Gasteiger partial charge in [-0.15, -0.1) is 21.5 Å². The number of rotatable bonds is 8. The predicted octanol–water partition coefficient (Wildman–Crippen LogP) is 3.42. The Morgan fingerprint density at radius 2 is 2.04 bits per heavy atom. The number of hydrogen-bond donors (Lipinski definition) is 1. The van der Waals surface area contributed by atoms with E-state index in [-0.39, 0.29) is 5.91 Å². The van der Waals surface area contributed by atoms with E-state index in [0.717, 1.165) is 10.4 Å². The maximum Gasteiger partial charge on any atom is 0.249 e. The van der Waals surface area contributed by atoms with Crippen LogP contribution >= 0.6 is 11.3 Å². The van der Waals surface area contributed by atoms with Gasteiger partial charge in [-0.25, -0.2) is 0 Å². The molecule has 0 bridgehead atoms. The fourth-order valence-corrected chi connectivity index (χ4v) is 3.39. The molecule has 26 heavy (non-hydrogen) atoms. The normalized spacial score (nSPS) is 12.1. The van der Waals surface area contributed by atoms with Gasteiger partial charge in [0.05, 0.1) is 6.54 Å². The first-order valence-electron chi connectivity index (χ1n) is 8.37. The van der Waals surface area contributed by atoms with Gasteiger partial charge in [0.1, 0.15) is 0 Å². The fourth-order valence-electron chi connectivity index (χ4n) is 2.56. The summed E-state index contributed by atoms with van der Waals surface area (Å²) in [5.74, 6) is 0.783. The van der Waals surface area contributed by atoms with Crippen LogP contribution in [0.4, 0.5) is 0 Å². The number of nitrogens with one attached hydrogen (secondary N) is 1. The molecule has 1 aromatic carbocycles. The summed E-state index contributed by atoms with van der Waals surface area (Å²) in [7, 11) is 1.60. The molecule has 0 unspecified atom stereocenters. The van der Waals surface area contributed by atoms with Crippen molar-refractivity contribution >= 4 is 17.2 Å². The van der Waals surface area contributed by atoms with E-state index in [4.69, 9.17) is 9.15 Å². The Hall–Kier alpha value is -2.51. The van der Waals surface area contributed by atoms with E-state index < -0.39 is 6.10 Å². The molecule has 0 spiro atoms. The number of nitrogens with zero attached hydrogens (tertiary/aromatic N) is 2. The summed E-state index contributed by atoms with van der Waals surface area (Å²) in [6, 6.07) is 13.8. The summed E-state index contributed by atoms with van der Waals surface area (Å²) in [5.41, 5.74) is 0.939. The second kappa shape index (κ2) is 8.73. The number of ether oxygens (including phenoxy) is 1. The Kier molecular flexibility index (Phi) is 6.14. The van der Waals surface area contributed by atoms with E-state index in [2.05, 4.69) is 15.5 Å².